The number of hydrogen-bond donors (Lipinski definition) is 2. The van der Waals surface area contributed by atoms with Crippen LogP contribution in [0, 0.1) is 6.92 Å². The molecule has 0 saturated heterocycles. The summed E-state index contributed by atoms with van der Waals surface area (Å²) in [6.07, 6.45) is -0.394. The molecule has 0 radical (unpaired) electrons. The molecule has 3 aromatic carbocycles. The number of nitrogens with zero attached hydrogens (tertiary/aromatic N) is 3. The molecule has 0 saturated carbocycles. The molecule has 4 aromatic rings. The Bertz CT molecular complexity index is 1250. The molecule has 0 fully saturated rings. The van der Waals surface area contributed by atoms with E-state index in [-0.39, 0.29) is 0 Å². The predicted octanol–water partition coefficient (Wildman–Crippen LogP) is 3.59. The topological polar surface area (TPSA) is 70.4 Å². The minimum atomic E-state index is -1.17. The van der Waals surface area contributed by atoms with Crippen molar-refractivity contribution in [3.8, 4) is 0 Å². The van der Waals surface area contributed by atoms with Crippen LogP contribution in [0.25, 0.3) is 10.9 Å². The number of fused-ring (bicyclic) bond motifs is 3. The van der Waals surface area contributed by atoms with Gasteiger partial charge in [0.25, 0.3) is 0 Å². The van der Waals surface area contributed by atoms with Crippen LogP contribution in [-0.4, -0.2) is 14.7 Å². The Balaban J connectivity index is 1.59. The SMILES string of the molecule is Cc1ccc(N2Nc3c4cc(Cc5ccccc5)ccc4nc(=O)n3C2O)cc1. The second kappa shape index (κ2) is 6.76. The number of anilines is 2. The highest BCUT2D eigenvalue weighted by atomic mass is 16.3. The molecule has 0 amide bonds. The molecule has 5 rings (SSSR count). The van der Waals surface area contributed by atoms with E-state index in [1.807, 2.05) is 67.6 Å². The van der Waals surface area contributed by atoms with E-state index in [4.69, 9.17) is 0 Å². The predicted molar refractivity (Wildman–Crippen MR) is 114 cm³/mol. The van der Waals surface area contributed by atoms with Crippen molar-refractivity contribution >= 4 is 22.4 Å². The van der Waals surface area contributed by atoms with Crippen molar-refractivity contribution in [3.63, 3.8) is 0 Å². The number of benzene rings is 3. The lowest BCUT2D eigenvalue weighted by Gasteiger charge is -2.21. The van der Waals surface area contributed by atoms with Gasteiger partial charge in [-0.25, -0.2) is 14.4 Å². The fourth-order valence-electron chi connectivity index (χ4n) is 3.71. The molecular formula is C23H20N4O2. The van der Waals surface area contributed by atoms with E-state index < -0.39 is 12.0 Å². The lowest BCUT2D eigenvalue weighted by Crippen LogP contribution is -2.32. The maximum Gasteiger partial charge on any atom is 0.353 e. The molecule has 1 unspecified atom stereocenters. The number of hydrazine groups is 1. The highest BCUT2D eigenvalue weighted by Crippen LogP contribution is 2.34. The van der Waals surface area contributed by atoms with Crippen LogP contribution in [0.2, 0.25) is 0 Å². The average Bonchev–Trinajstić information content (AvgIpc) is 3.08. The Labute approximate surface area is 167 Å². The van der Waals surface area contributed by atoms with Gasteiger partial charge in [-0.3, -0.25) is 5.43 Å². The molecule has 0 bridgehead atoms. The van der Waals surface area contributed by atoms with Crippen molar-refractivity contribution in [2.45, 2.75) is 19.7 Å². The Kier molecular flexibility index (Phi) is 4.07. The van der Waals surface area contributed by atoms with Crippen LogP contribution in [0.4, 0.5) is 11.5 Å². The number of rotatable bonds is 3. The molecule has 6 nitrogen and oxygen atoms in total. The van der Waals surface area contributed by atoms with Crippen LogP contribution in [0.15, 0.2) is 77.6 Å². The van der Waals surface area contributed by atoms with Crippen molar-refractivity contribution in [1.29, 1.82) is 0 Å². The molecule has 1 aliphatic rings. The second-order valence-corrected chi connectivity index (χ2v) is 7.29. The Morgan fingerprint density at radius 1 is 1.00 bits per heavy atom. The first-order chi connectivity index (χ1) is 14.1. The van der Waals surface area contributed by atoms with Gasteiger partial charge in [-0.1, -0.05) is 54.1 Å². The number of aromatic nitrogens is 2. The van der Waals surface area contributed by atoms with Crippen LogP contribution in [0.1, 0.15) is 23.0 Å². The molecule has 144 valence electrons. The molecule has 1 aliphatic heterocycles. The summed E-state index contributed by atoms with van der Waals surface area (Å²) in [5, 5.41) is 13.2. The third-order valence-electron chi connectivity index (χ3n) is 5.23. The van der Waals surface area contributed by atoms with Gasteiger partial charge in [0.15, 0.2) is 0 Å². The number of nitrogens with one attached hydrogen (secondary N) is 1. The molecule has 0 spiro atoms. The zero-order valence-electron chi connectivity index (χ0n) is 15.9. The van der Waals surface area contributed by atoms with Crippen LogP contribution >= 0.6 is 0 Å². The van der Waals surface area contributed by atoms with Crippen LogP contribution in [-0.2, 0) is 6.42 Å². The summed E-state index contributed by atoms with van der Waals surface area (Å²) in [4.78, 5) is 16.7. The van der Waals surface area contributed by atoms with E-state index in [0.717, 1.165) is 28.6 Å². The average molecular weight is 384 g/mol. The first-order valence-corrected chi connectivity index (χ1v) is 9.50. The fraction of sp³-hybridized carbons (Fsp3) is 0.130. The van der Waals surface area contributed by atoms with Gasteiger partial charge in [0.05, 0.1) is 11.2 Å². The normalized spacial score (nSPS) is 15.4. The van der Waals surface area contributed by atoms with Crippen molar-refractivity contribution in [2.75, 3.05) is 10.4 Å². The van der Waals surface area contributed by atoms with E-state index in [9.17, 15) is 9.90 Å². The first kappa shape index (κ1) is 17.5. The van der Waals surface area contributed by atoms with Gasteiger partial charge in [-0.15, -0.1) is 0 Å². The quantitative estimate of drug-likeness (QED) is 0.565. The summed E-state index contributed by atoms with van der Waals surface area (Å²) in [5.74, 6) is 0.544. The van der Waals surface area contributed by atoms with Crippen LogP contribution in [0.5, 0.6) is 0 Å². The summed E-state index contributed by atoms with van der Waals surface area (Å²) in [6.45, 7) is 2.00. The van der Waals surface area contributed by atoms with Gasteiger partial charge in [0.2, 0.25) is 6.35 Å². The Morgan fingerprint density at radius 2 is 1.76 bits per heavy atom. The van der Waals surface area contributed by atoms with Crippen LogP contribution < -0.4 is 16.1 Å². The van der Waals surface area contributed by atoms with Gasteiger partial charge in [0, 0.05) is 5.39 Å². The maximum absolute atomic E-state index is 12.6. The summed E-state index contributed by atoms with van der Waals surface area (Å²) in [7, 11) is 0. The third-order valence-corrected chi connectivity index (χ3v) is 5.23. The lowest BCUT2D eigenvalue weighted by molar-refractivity contribution is 0.115. The lowest BCUT2D eigenvalue weighted by atomic mass is 10.0. The third kappa shape index (κ3) is 3.03. The van der Waals surface area contributed by atoms with E-state index in [0.29, 0.717) is 11.3 Å². The number of aliphatic hydroxyl groups excluding tert-OH is 1. The zero-order chi connectivity index (χ0) is 20.0. The molecule has 1 aromatic heterocycles. The van der Waals surface area contributed by atoms with E-state index in [1.165, 1.54) is 10.1 Å². The minimum absolute atomic E-state index is 0.488. The van der Waals surface area contributed by atoms with Gasteiger partial charge in [-0.2, -0.15) is 4.98 Å². The maximum atomic E-state index is 12.6. The number of aliphatic hydroxyl groups is 1. The van der Waals surface area contributed by atoms with Gasteiger partial charge in [-0.05, 0) is 48.7 Å². The monoisotopic (exact) mass is 384 g/mol. The van der Waals surface area contributed by atoms with Gasteiger partial charge < -0.3 is 5.11 Å². The fourth-order valence-corrected chi connectivity index (χ4v) is 3.71. The summed E-state index contributed by atoms with van der Waals surface area (Å²) in [6, 6.07) is 23.8. The van der Waals surface area contributed by atoms with Crippen molar-refractivity contribution in [1.82, 2.24) is 9.55 Å². The zero-order valence-corrected chi connectivity index (χ0v) is 15.9. The van der Waals surface area contributed by atoms with Gasteiger partial charge in [0.1, 0.15) is 5.82 Å². The highest BCUT2D eigenvalue weighted by Gasteiger charge is 2.31. The van der Waals surface area contributed by atoms with E-state index >= 15 is 0 Å². The summed E-state index contributed by atoms with van der Waals surface area (Å²) < 4.78 is 1.29. The van der Waals surface area contributed by atoms with Crippen molar-refractivity contribution in [2.24, 2.45) is 0 Å². The van der Waals surface area contributed by atoms with Crippen LogP contribution in [0.3, 0.4) is 0 Å². The Morgan fingerprint density at radius 3 is 2.52 bits per heavy atom. The smallest absolute Gasteiger partial charge is 0.353 e. The summed E-state index contributed by atoms with van der Waals surface area (Å²) in [5.41, 5.74) is 7.51. The molecule has 6 heteroatoms. The molecule has 2 N–H and O–H groups in total. The van der Waals surface area contributed by atoms with E-state index in [1.54, 1.807) is 5.01 Å². The number of hydrogen-bond acceptors (Lipinski definition) is 5. The van der Waals surface area contributed by atoms with Crippen molar-refractivity contribution < 1.29 is 5.11 Å². The minimum Gasteiger partial charge on any atom is -0.355 e. The van der Waals surface area contributed by atoms with Gasteiger partial charge >= 0.3 is 5.69 Å². The van der Waals surface area contributed by atoms with Crippen molar-refractivity contribution in [3.05, 3.63) is 100.0 Å². The molecular weight excluding hydrogens is 364 g/mol. The molecule has 2 heterocycles. The summed E-state index contributed by atoms with van der Waals surface area (Å²) >= 11 is 0. The largest absolute Gasteiger partial charge is 0.355 e. The highest BCUT2D eigenvalue weighted by molar-refractivity contribution is 5.91. The standard InChI is InChI=1S/C23H20N4O2/c1-15-7-10-18(11-8-15)27-23(29)26-21(25-27)19-14-17(9-12-20(19)24-22(26)28)13-16-5-3-2-4-6-16/h2-12,14,23,25,29H,13H2,1H3. The Hall–Kier alpha value is -3.64. The van der Waals surface area contributed by atoms with E-state index in [2.05, 4.69) is 22.5 Å². The molecule has 1 atom stereocenters. The number of aryl methyl sites for hydroxylation is 1. The first-order valence-electron chi connectivity index (χ1n) is 9.50. The molecule has 0 aliphatic carbocycles. The molecule has 29 heavy (non-hydrogen) atoms. The second-order valence-electron chi connectivity index (χ2n) is 7.29.